The first-order valence-corrected chi connectivity index (χ1v) is 17.0. The summed E-state index contributed by atoms with van der Waals surface area (Å²) in [4.78, 5) is 5.06. The SMILES string of the molecule is CC1(C)c2cc3c(cc2-c2c(-c4ccc(-c5c(-c6ccccc6)nc6ccccn56)cc4)cccc21)c1ccccc1n3-c1ccccc1. The predicted molar refractivity (Wildman–Crippen MR) is 203 cm³/mol. The number of benzene rings is 6. The fraction of sp³-hybridized carbons (Fsp3) is 0.0652. The molecule has 232 valence electrons. The van der Waals surface area contributed by atoms with Crippen LogP contribution in [-0.4, -0.2) is 14.0 Å². The van der Waals surface area contributed by atoms with E-state index in [1.807, 2.05) is 6.07 Å². The van der Waals surface area contributed by atoms with Gasteiger partial charge in [-0.2, -0.15) is 0 Å². The van der Waals surface area contributed by atoms with Crippen molar-refractivity contribution in [1.29, 1.82) is 0 Å². The van der Waals surface area contributed by atoms with Crippen LogP contribution in [0.25, 0.3) is 77.9 Å². The predicted octanol–water partition coefficient (Wildman–Crippen LogP) is 11.7. The number of fused-ring (bicyclic) bond motifs is 7. The van der Waals surface area contributed by atoms with Gasteiger partial charge in [0.15, 0.2) is 0 Å². The van der Waals surface area contributed by atoms with Crippen molar-refractivity contribution in [1.82, 2.24) is 14.0 Å². The summed E-state index contributed by atoms with van der Waals surface area (Å²) in [6.07, 6.45) is 2.11. The maximum atomic E-state index is 5.06. The van der Waals surface area contributed by atoms with E-state index in [0.29, 0.717) is 0 Å². The zero-order valence-electron chi connectivity index (χ0n) is 27.4. The van der Waals surface area contributed by atoms with E-state index in [-0.39, 0.29) is 5.41 Å². The van der Waals surface area contributed by atoms with E-state index in [9.17, 15) is 0 Å². The number of nitrogens with zero attached hydrogens (tertiary/aromatic N) is 3. The molecule has 3 heteroatoms. The van der Waals surface area contributed by atoms with Gasteiger partial charge in [-0.3, -0.25) is 4.40 Å². The largest absolute Gasteiger partial charge is 0.309 e. The Morgan fingerprint density at radius 2 is 1.22 bits per heavy atom. The molecule has 0 radical (unpaired) electrons. The van der Waals surface area contributed by atoms with Gasteiger partial charge in [0.2, 0.25) is 0 Å². The molecule has 3 nitrogen and oxygen atoms in total. The Kier molecular flexibility index (Phi) is 5.92. The number of aromatic nitrogens is 3. The molecule has 0 bridgehead atoms. The van der Waals surface area contributed by atoms with Crippen molar-refractivity contribution in [3.8, 4) is 50.5 Å². The van der Waals surface area contributed by atoms with Crippen molar-refractivity contribution in [2.24, 2.45) is 0 Å². The van der Waals surface area contributed by atoms with Gasteiger partial charge in [-0.1, -0.05) is 129 Å². The summed E-state index contributed by atoms with van der Waals surface area (Å²) < 4.78 is 4.63. The van der Waals surface area contributed by atoms with Gasteiger partial charge in [-0.25, -0.2) is 4.98 Å². The van der Waals surface area contributed by atoms with E-state index in [4.69, 9.17) is 4.98 Å². The summed E-state index contributed by atoms with van der Waals surface area (Å²) in [6, 6.07) is 57.1. The molecular formula is C46H33N3. The Morgan fingerprint density at radius 3 is 2.04 bits per heavy atom. The van der Waals surface area contributed by atoms with Crippen LogP contribution < -0.4 is 0 Å². The van der Waals surface area contributed by atoms with Crippen LogP contribution in [-0.2, 0) is 5.41 Å². The number of imidazole rings is 1. The normalized spacial score (nSPS) is 13.3. The monoisotopic (exact) mass is 627 g/mol. The molecule has 0 saturated heterocycles. The fourth-order valence-electron chi connectivity index (χ4n) is 8.22. The second kappa shape index (κ2) is 10.4. The maximum Gasteiger partial charge on any atom is 0.137 e. The first-order chi connectivity index (χ1) is 24.1. The standard InChI is InChI=1S/C46H33N3/c1-46(2)38-20-13-19-34(30-23-25-32(26-24-30)45-44(31-14-5-3-6-15-31)47-42-22-11-12-27-48(42)45)43(38)37-28-36-35-18-9-10-21-40(35)49(41(36)29-39(37)46)33-16-7-4-8-17-33/h3-29H,1-2H3. The lowest BCUT2D eigenvalue weighted by atomic mass is 9.81. The van der Waals surface area contributed by atoms with Crippen molar-refractivity contribution in [3.05, 3.63) is 175 Å². The molecule has 9 aromatic rings. The van der Waals surface area contributed by atoms with Crippen molar-refractivity contribution < 1.29 is 0 Å². The average Bonchev–Trinajstić information content (AvgIpc) is 3.77. The molecule has 0 N–H and O–H groups in total. The third-order valence-electron chi connectivity index (χ3n) is 10.6. The molecule has 0 fully saturated rings. The first-order valence-electron chi connectivity index (χ1n) is 17.0. The van der Waals surface area contributed by atoms with Crippen molar-refractivity contribution >= 4 is 27.5 Å². The number of para-hydroxylation sites is 2. The zero-order valence-corrected chi connectivity index (χ0v) is 27.4. The molecule has 3 aromatic heterocycles. The minimum atomic E-state index is -0.145. The summed E-state index contributed by atoms with van der Waals surface area (Å²) in [7, 11) is 0. The lowest BCUT2D eigenvalue weighted by Gasteiger charge is -2.22. The summed E-state index contributed by atoms with van der Waals surface area (Å²) >= 11 is 0. The van der Waals surface area contributed by atoms with Crippen LogP contribution >= 0.6 is 0 Å². The Labute approximate surface area is 285 Å². The van der Waals surface area contributed by atoms with Crippen molar-refractivity contribution in [3.63, 3.8) is 0 Å². The van der Waals surface area contributed by atoms with Crippen molar-refractivity contribution in [2.45, 2.75) is 19.3 Å². The molecule has 0 atom stereocenters. The van der Waals surface area contributed by atoms with Gasteiger partial charge in [0.25, 0.3) is 0 Å². The van der Waals surface area contributed by atoms with Crippen LogP contribution in [0.3, 0.4) is 0 Å². The highest BCUT2D eigenvalue weighted by molar-refractivity contribution is 6.12. The average molecular weight is 628 g/mol. The van der Waals surface area contributed by atoms with Gasteiger partial charge in [0.05, 0.1) is 22.4 Å². The molecule has 0 amide bonds. The lowest BCUT2D eigenvalue weighted by molar-refractivity contribution is 0.661. The zero-order chi connectivity index (χ0) is 32.7. The topological polar surface area (TPSA) is 22.2 Å². The van der Waals surface area contributed by atoms with Gasteiger partial charge < -0.3 is 4.57 Å². The van der Waals surface area contributed by atoms with Crippen LogP contribution in [0.1, 0.15) is 25.0 Å². The van der Waals surface area contributed by atoms with Gasteiger partial charge in [-0.15, -0.1) is 0 Å². The molecule has 6 aromatic carbocycles. The smallest absolute Gasteiger partial charge is 0.137 e. The number of pyridine rings is 1. The molecule has 0 unspecified atom stereocenters. The molecule has 0 saturated carbocycles. The van der Waals surface area contributed by atoms with Crippen molar-refractivity contribution in [2.75, 3.05) is 0 Å². The van der Waals surface area contributed by atoms with E-state index < -0.39 is 0 Å². The molecule has 3 heterocycles. The molecule has 10 rings (SSSR count). The Balaban J connectivity index is 1.15. The molecule has 0 aliphatic heterocycles. The summed E-state index contributed by atoms with van der Waals surface area (Å²) in [5.41, 5.74) is 16.7. The third kappa shape index (κ3) is 4.06. The summed E-state index contributed by atoms with van der Waals surface area (Å²) in [5, 5.41) is 2.56. The number of hydrogen-bond donors (Lipinski definition) is 0. The van der Waals surface area contributed by atoms with E-state index in [1.165, 1.54) is 60.9 Å². The summed E-state index contributed by atoms with van der Waals surface area (Å²) in [5.74, 6) is 0. The first kappa shape index (κ1) is 27.9. The van der Waals surface area contributed by atoms with Gasteiger partial charge >= 0.3 is 0 Å². The van der Waals surface area contributed by atoms with E-state index in [2.05, 4.69) is 181 Å². The quantitative estimate of drug-likeness (QED) is 0.190. The van der Waals surface area contributed by atoms with E-state index >= 15 is 0 Å². The Hall–Kier alpha value is -6.19. The second-order valence-corrected chi connectivity index (χ2v) is 13.6. The highest BCUT2D eigenvalue weighted by Gasteiger charge is 2.38. The third-order valence-corrected chi connectivity index (χ3v) is 10.6. The van der Waals surface area contributed by atoms with Crippen LogP contribution in [0.4, 0.5) is 0 Å². The summed E-state index contributed by atoms with van der Waals surface area (Å²) in [6.45, 7) is 4.75. The van der Waals surface area contributed by atoms with Crippen LogP contribution in [0.2, 0.25) is 0 Å². The number of rotatable bonds is 4. The van der Waals surface area contributed by atoms with E-state index in [0.717, 1.165) is 28.2 Å². The minimum Gasteiger partial charge on any atom is -0.309 e. The highest BCUT2D eigenvalue weighted by Crippen LogP contribution is 2.54. The fourth-order valence-corrected chi connectivity index (χ4v) is 8.22. The minimum absolute atomic E-state index is 0.145. The van der Waals surface area contributed by atoms with Crippen LogP contribution in [0.15, 0.2) is 164 Å². The van der Waals surface area contributed by atoms with E-state index in [1.54, 1.807) is 0 Å². The second-order valence-electron chi connectivity index (χ2n) is 13.6. The molecule has 0 spiro atoms. The molecular weight excluding hydrogens is 595 g/mol. The maximum absolute atomic E-state index is 5.06. The molecule has 1 aliphatic rings. The molecule has 49 heavy (non-hydrogen) atoms. The van der Waals surface area contributed by atoms with Gasteiger partial charge in [0.1, 0.15) is 5.65 Å². The Bertz CT molecular complexity index is 2710. The molecule has 1 aliphatic carbocycles. The van der Waals surface area contributed by atoms with Gasteiger partial charge in [-0.05, 0) is 75.8 Å². The van der Waals surface area contributed by atoms with Crippen LogP contribution in [0.5, 0.6) is 0 Å². The highest BCUT2D eigenvalue weighted by atomic mass is 15.0. The lowest BCUT2D eigenvalue weighted by Crippen LogP contribution is -2.15. The number of hydrogen-bond acceptors (Lipinski definition) is 1. The van der Waals surface area contributed by atoms with Gasteiger partial charge in [0, 0.05) is 39.2 Å². The van der Waals surface area contributed by atoms with Crippen LogP contribution in [0, 0.1) is 0 Å². The Morgan fingerprint density at radius 1 is 0.510 bits per heavy atom.